The average molecular weight is 299 g/mol. The van der Waals surface area contributed by atoms with Crippen molar-refractivity contribution in [3.8, 4) is 11.8 Å². The van der Waals surface area contributed by atoms with Gasteiger partial charge >= 0.3 is 5.69 Å². The van der Waals surface area contributed by atoms with Gasteiger partial charge in [0.15, 0.2) is 5.65 Å². The molecule has 0 aliphatic rings. The second-order valence-electron chi connectivity index (χ2n) is 4.45. The fraction of sp³-hybridized carbons (Fsp3) is 0.200. The van der Waals surface area contributed by atoms with Gasteiger partial charge in [0.25, 0.3) is 0 Å². The minimum atomic E-state index is -0.146. The van der Waals surface area contributed by atoms with Gasteiger partial charge in [-0.25, -0.2) is 9.48 Å². The fourth-order valence-electron chi connectivity index (χ4n) is 1.97. The number of hydrogen-bond acceptors (Lipinski definition) is 4. The van der Waals surface area contributed by atoms with Gasteiger partial charge in [-0.3, -0.25) is 4.40 Å². The summed E-state index contributed by atoms with van der Waals surface area (Å²) in [6, 6.07) is 7.41. The molecule has 0 saturated heterocycles. The largest absolute Gasteiger partial charge is 0.395 e. The Labute approximate surface area is 125 Å². The number of thiophene rings is 1. The summed E-state index contributed by atoms with van der Waals surface area (Å²) in [5, 5.41) is 14.9. The van der Waals surface area contributed by atoms with E-state index in [4.69, 9.17) is 5.11 Å². The molecule has 21 heavy (non-hydrogen) atoms. The highest BCUT2D eigenvalue weighted by molar-refractivity contribution is 7.10. The fourth-order valence-corrected chi connectivity index (χ4v) is 2.77. The lowest BCUT2D eigenvalue weighted by Gasteiger charge is -1.94. The first kappa shape index (κ1) is 13.6. The van der Waals surface area contributed by atoms with Crippen molar-refractivity contribution >= 4 is 17.0 Å². The second-order valence-corrected chi connectivity index (χ2v) is 5.44. The van der Waals surface area contributed by atoms with E-state index in [0.29, 0.717) is 18.6 Å². The quantitative estimate of drug-likeness (QED) is 0.743. The van der Waals surface area contributed by atoms with Crippen LogP contribution in [0.15, 0.2) is 40.6 Å². The summed E-state index contributed by atoms with van der Waals surface area (Å²) >= 11 is 1.55. The molecule has 0 spiro atoms. The Kier molecular flexibility index (Phi) is 3.86. The number of fused-ring (bicyclic) bond motifs is 1. The maximum Gasteiger partial charge on any atom is 0.350 e. The van der Waals surface area contributed by atoms with Gasteiger partial charge in [-0.05, 0) is 18.2 Å². The number of rotatable bonds is 3. The van der Waals surface area contributed by atoms with Gasteiger partial charge < -0.3 is 5.11 Å². The molecule has 0 amide bonds. The molecule has 6 heteroatoms. The number of pyridine rings is 1. The van der Waals surface area contributed by atoms with Crippen LogP contribution in [0.5, 0.6) is 0 Å². The molecule has 0 fully saturated rings. The molecule has 0 saturated carbocycles. The summed E-state index contributed by atoms with van der Waals surface area (Å²) in [4.78, 5) is 13.2. The van der Waals surface area contributed by atoms with Crippen LogP contribution in [0.3, 0.4) is 0 Å². The molecular weight excluding hydrogens is 286 g/mol. The predicted octanol–water partition coefficient (Wildman–Crippen LogP) is 1.34. The van der Waals surface area contributed by atoms with Gasteiger partial charge in [0.2, 0.25) is 0 Å². The Morgan fingerprint density at radius 3 is 3.10 bits per heavy atom. The smallest absolute Gasteiger partial charge is 0.350 e. The molecule has 5 nitrogen and oxygen atoms in total. The zero-order valence-corrected chi connectivity index (χ0v) is 12.0. The number of aromatic nitrogens is 3. The molecule has 0 atom stereocenters. The van der Waals surface area contributed by atoms with Crippen LogP contribution in [0.4, 0.5) is 0 Å². The zero-order chi connectivity index (χ0) is 14.7. The lowest BCUT2D eigenvalue weighted by atomic mass is 10.3. The van der Waals surface area contributed by atoms with Crippen LogP contribution >= 0.6 is 11.3 Å². The zero-order valence-electron chi connectivity index (χ0n) is 11.2. The van der Waals surface area contributed by atoms with E-state index in [0.717, 1.165) is 10.4 Å². The van der Waals surface area contributed by atoms with Crippen molar-refractivity contribution in [3.05, 3.63) is 56.8 Å². The molecule has 1 N–H and O–H groups in total. The van der Waals surface area contributed by atoms with E-state index >= 15 is 0 Å². The van der Waals surface area contributed by atoms with Crippen LogP contribution in [-0.4, -0.2) is 25.9 Å². The first-order valence-corrected chi connectivity index (χ1v) is 7.37. The van der Waals surface area contributed by atoms with Crippen LogP contribution in [0.2, 0.25) is 0 Å². The monoisotopic (exact) mass is 299 g/mol. The van der Waals surface area contributed by atoms with E-state index in [9.17, 15) is 4.79 Å². The van der Waals surface area contributed by atoms with Crippen molar-refractivity contribution < 1.29 is 5.11 Å². The van der Waals surface area contributed by atoms with Crippen LogP contribution in [-0.2, 0) is 6.54 Å². The molecule has 106 valence electrons. The first-order valence-electron chi connectivity index (χ1n) is 6.49. The van der Waals surface area contributed by atoms with E-state index in [1.807, 2.05) is 17.5 Å². The summed E-state index contributed by atoms with van der Waals surface area (Å²) in [6.07, 6.45) is 2.18. The van der Waals surface area contributed by atoms with Gasteiger partial charge in [0, 0.05) is 28.4 Å². The molecule has 0 aliphatic carbocycles. The van der Waals surface area contributed by atoms with Gasteiger partial charge in [0.1, 0.15) is 0 Å². The van der Waals surface area contributed by atoms with Crippen LogP contribution in [0.1, 0.15) is 16.9 Å². The maximum atomic E-state index is 12.2. The Morgan fingerprint density at radius 1 is 1.38 bits per heavy atom. The van der Waals surface area contributed by atoms with E-state index in [2.05, 4.69) is 16.9 Å². The molecule has 0 aromatic carbocycles. The molecule has 0 aliphatic heterocycles. The lowest BCUT2D eigenvalue weighted by molar-refractivity contribution is 0.305. The van der Waals surface area contributed by atoms with E-state index in [1.54, 1.807) is 29.7 Å². The highest BCUT2D eigenvalue weighted by Crippen LogP contribution is 2.14. The van der Waals surface area contributed by atoms with Gasteiger partial charge in [-0.2, -0.15) is 0 Å². The molecule has 0 radical (unpaired) electrons. The highest BCUT2D eigenvalue weighted by atomic mass is 32.1. The highest BCUT2D eigenvalue weighted by Gasteiger charge is 2.07. The third-order valence-corrected chi connectivity index (χ3v) is 3.84. The van der Waals surface area contributed by atoms with E-state index in [-0.39, 0.29) is 12.3 Å². The minimum absolute atomic E-state index is 0.0701. The van der Waals surface area contributed by atoms with Crippen molar-refractivity contribution in [2.45, 2.75) is 13.0 Å². The summed E-state index contributed by atoms with van der Waals surface area (Å²) in [7, 11) is 0. The Morgan fingerprint density at radius 2 is 2.29 bits per heavy atom. The third-order valence-electron chi connectivity index (χ3n) is 2.92. The number of aliphatic hydroxyl groups excluding tert-OH is 1. The third kappa shape index (κ3) is 2.89. The SMILES string of the molecule is O=c1n(Cc2cc(C#CCCO)cs2)nc2ccccn12. The van der Waals surface area contributed by atoms with Crippen molar-refractivity contribution in [2.75, 3.05) is 6.61 Å². The molecule has 0 unspecified atom stereocenters. The summed E-state index contributed by atoms with van der Waals surface area (Å²) in [5.41, 5.74) is 1.40. The maximum absolute atomic E-state index is 12.2. The van der Waals surface area contributed by atoms with Gasteiger partial charge in [-0.1, -0.05) is 17.9 Å². The molecule has 3 aromatic heterocycles. The average Bonchev–Trinajstić information content (AvgIpc) is 3.06. The van der Waals surface area contributed by atoms with Crippen LogP contribution in [0, 0.1) is 11.8 Å². The van der Waals surface area contributed by atoms with Crippen molar-refractivity contribution in [1.82, 2.24) is 14.2 Å². The van der Waals surface area contributed by atoms with Crippen LogP contribution in [0.25, 0.3) is 5.65 Å². The Bertz CT molecular complexity index is 879. The summed E-state index contributed by atoms with van der Waals surface area (Å²) in [6.45, 7) is 0.507. The number of aliphatic hydroxyl groups is 1. The predicted molar refractivity (Wildman–Crippen MR) is 81.5 cm³/mol. The summed E-state index contributed by atoms with van der Waals surface area (Å²) < 4.78 is 2.97. The molecular formula is C15H13N3O2S. The molecule has 3 heterocycles. The minimum Gasteiger partial charge on any atom is -0.395 e. The van der Waals surface area contributed by atoms with Gasteiger partial charge in [0.05, 0.1) is 13.2 Å². The second kappa shape index (κ2) is 5.95. The van der Waals surface area contributed by atoms with Gasteiger partial charge in [-0.15, -0.1) is 16.4 Å². The summed E-state index contributed by atoms with van der Waals surface area (Å²) in [5.74, 6) is 5.86. The van der Waals surface area contributed by atoms with Crippen LogP contribution < -0.4 is 5.69 Å². The Balaban J connectivity index is 1.84. The Hall–Kier alpha value is -2.36. The van der Waals surface area contributed by atoms with E-state index in [1.165, 1.54) is 9.08 Å². The van der Waals surface area contributed by atoms with Crippen molar-refractivity contribution in [3.63, 3.8) is 0 Å². The topological polar surface area (TPSA) is 59.5 Å². The standard InChI is InChI=1S/C15H13N3O2S/c19-8-4-2-5-12-9-13(21-11-12)10-18-15(20)17-7-3-1-6-14(17)16-18/h1,3,6-7,9,11,19H,4,8,10H2. The molecule has 3 rings (SSSR count). The van der Waals surface area contributed by atoms with Crippen molar-refractivity contribution in [2.24, 2.45) is 0 Å². The number of hydrogen-bond donors (Lipinski definition) is 1. The normalized spacial score (nSPS) is 10.5. The first-order chi connectivity index (χ1) is 10.3. The molecule has 3 aromatic rings. The van der Waals surface area contributed by atoms with E-state index < -0.39 is 0 Å². The number of nitrogens with zero attached hydrogens (tertiary/aromatic N) is 3. The molecule has 0 bridgehead atoms. The van der Waals surface area contributed by atoms with Crippen molar-refractivity contribution in [1.29, 1.82) is 0 Å². The lowest BCUT2D eigenvalue weighted by Crippen LogP contribution is -2.21.